The van der Waals surface area contributed by atoms with E-state index in [1.165, 1.54) is 12.1 Å². The van der Waals surface area contributed by atoms with Gasteiger partial charge >= 0.3 is 0 Å². The molecule has 0 heterocycles. The molecule has 0 spiro atoms. The van der Waals surface area contributed by atoms with Crippen LogP contribution in [0, 0.1) is 17.1 Å². The van der Waals surface area contributed by atoms with Gasteiger partial charge in [-0.25, -0.2) is 4.39 Å². The highest BCUT2D eigenvalue weighted by Gasteiger charge is 2.04. The molecule has 4 heteroatoms. The molecule has 88 valence electrons. The third-order valence-corrected chi connectivity index (χ3v) is 2.19. The van der Waals surface area contributed by atoms with Gasteiger partial charge in [-0.05, 0) is 23.3 Å². The number of benzene rings is 1. The molecule has 0 fully saturated rings. The largest absolute Gasteiger partial charge is 0.327 e. The molecule has 0 aliphatic carbocycles. The Bertz CT molecular complexity index is 484. The minimum absolute atomic E-state index is 0.0200. The summed E-state index contributed by atoms with van der Waals surface area (Å²) < 4.78 is 13.2. The predicted octanol–water partition coefficient (Wildman–Crippen LogP) is 1.55. The van der Waals surface area contributed by atoms with Gasteiger partial charge < -0.3 is 11.5 Å². The third kappa shape index (κ3) is 3.52. The van der Waals surface area contributed by atoms with Crippen LogP contribution in [0.2, 0.25) is 0 Å². The monoisotopic (exact) mass is 231 g/mol. The Hall–Kier alpha value is -1.96. The van der Waals surface area contributed by atoms with E-state index < -0.39 is 5.82 Å². The molecule has 17 heavy (non-hydrogen) atoms. The maximum absolute atomic E-state index is 13.2. The highest BCUT2D eigenvalue weighted by Crippen LogP contribution is 2.18. The molecule has 0 aliphatic heterocycles. The van der Waals surface area contributed by atoms with Crippen molar-refractivity contribution in [2.24, 2.45) is 11.5 Å². The fraction of sp³-hybridized carbons (Fsp3) is 0.154. The van der Waals surface area contributed by atoms with Crippen LogP contribution < -0.4 is 11.5 Å². The van der Waals surface area contributed by atoms with E-state index in [2.05, 4.69) is 0 Å². The molecule has 4 N–H and O–H groups in total. The van der Waals surface area contributed by atoms with Crippen LogP contribution in [0.3, 0.4) is 0 Å². The number of halogens is 1. The lowest BCUT2D eigenvalue weighted by Crippen LogP contribution is -1.97. The minimum atomic E-state index is -0.522. The molecule has 0 atom stereocenters. The van der Waals surface area contributed by atoms with Crippen LogP contribution in [0.1, 0.15) is 11.1 Å². The molecule has 1 aromatic carbocycles. The maximum atomic E-state index is 13.2. The predicted molar refractivity (Wildman–Crippen MR) is 66.3 cm³/mol. The number of rotatable bonds is 4. The van der Waals surface area contributed by atoms with E-state index in [0.29, 0.717) is 13.1 Å². The molecule has 0 radical (unpaired) electrons. The number of allylic oxidation sites excluding steroid dienone is 2. The summed E-state index contributed by atoms with van der Waals surface area (Å²) in [5, 5.41) is 8.76. The SMILES string of the molecule is N#Cc1cc(C(/C=C\CN)=C/CN)ccc1F. The smallest absolute Gasteiger partial charge is 0.140 e. The van der Waals surface area contributed by atoms with Crippen LogP contribution in [0.5, 0.6) is 0 Å². The van der Waals surface area contributed by atoms with Gasteiger partial charge in [-0.1, -0.05) is 24.3 Å². The summed E-state index contributed by atoms with van der Waals surface area (Å²) in [5.41, 5.74) is 12.4. The molecule has 0 amide bonds. The summed E-state index contributed by atoms with van der Waals surface area (Å²) in [6.07, 6.45) is 5.37. The normalized spacial score (nSPS) is 11.8. The number of hydrogen-bond acceptors (Lipinski definition) is 3. The molecular weight excluding hydrogens is 217 g/mol. The van der Waals surface area contributed by atoms with Crippen LogP contribution in [0.25, 0.3) is 5.57 Å². The van der Waals surface area contributed by atoms with Gasteiger partial charge in [0.25, 0.3) is 0 Å². The highest BCUT2D eigenvalue weighted by atomic mass is 19.1. The lowest BCUT2D eigenvalue weighted by Gasteiger charge is -2.04. The second kappa shape index (κ2) is 6.59. The van der Waals surface area contributed by atoms with Gasteiger partial charge in [-0.15, -0.1) is 0 Å². The zero-order valence-corrected chi connectivity index (χ0v) is 9.36. The van der Waals surface area contributed by atoms with Gasteiger partial charge in [0.15, 0.2) is 0 Å². The molecule has 0 saturated carbocycles. The Labute approximate surface area is 99.8 Å². The second-order valence-electron chi connectivity index (χ2n) is 3.34. The molecule has 0 saturated heterocycles. The van der Waals surface area contributed by atoms with E-state index >= 15 is 0 Å². The van der Waals surface area contributed by atoms with Gasteiger partial charge in [0, 0.05) is 13.1 Å². The van der Waals surface area contributed by atoms with E-state index in [4.69, 9.17) is 16.7 Å². The molecular formula is C13H14FN3. The number of nitrogens with zero attached hydrogens (tertiary/aromatic N) is 1. The maximum Gasteiger partial charge on any atom is 0.140 e. The van der Waals surface area contributed by atoms with E-state index in [0.717, 1.165) is 11.1 Å². The Kier molecular flexibility index (Phi) is 5.08. The van der Waals surface area contributed by atoms with E-state index in [1.54, 1.807) is 30.4 Å². The summed E-state index contributed by atoms with van der Waals surface area (Å²) in [7, 11) is 0. The molecule has 1 rings (SSSR count). The fourth-order valence-electron chi connectivity index (χ4n) is 1.39. The quantitative estimate of drug-likeness (QED) is 0.772. The Morgan fingerprint density at radius 1 is 1.35 bits per heavy atom. The minimum Gasteiger partial charge on any atom is -0.327 e. The van der Waals surface area contributed by atoms with Crippen LogP contribution in [-0.2, 0) is 0 Å². The van der Waals surface area contributed by atoms with Gasteiger partial charge in [-0.2, -0.15) is 5.26 Å². The Balaban J connectivity index is 3.16. The first-order valence-corrected chi connectivity index (χ1v) is 5.19. The van der Waals surface area contributed by atoms with Gasteiger partial charge in [-0.3, -0.25) is 0 Å². The molecule has 0 bridgehead atoms. The summed E-state index contributed by atoms with van der Waals surface area (Å²) >= 11 is 0. The average Bonchev–Trinajstić information content (AvgIpc) is 2.35. The second-order valence-corrected chi connectivity index (χ2v) is 3.34. The Morgan fingerprint density at radius 2 is 2.12 bits per heavy atom. The molecule has 1 aromatic rings. The van der Waals surface area contributed by atoms with Crippen LogP contribution in [0.15, 0.2) is 36.4 Å². The van der Waals surface area contributed by atoms with E-state index in [1.807, 2.05) is 0 Å². The molecule has 0 aromatic heterocycles. The molecule has 3 nitrogen and oxygen atoms in total. The highest BCUT2D eigenvalue weighted by molar-refractivity contribution is 5.74. The number of nitriles is 1. The topological polar surface area (TPSA) is 75.8 Å². The van der Waals surface area contributed by atoms with Gasteiger partial charge in [0.1, 0.15) is 11.9 Å². The molecule has 0 unspecified atom stereocenters. The summed E-state index contributed by atoms with van der Waals surface area (Å²) in [5.74, 6) is -0.522. The first-order chi connectivity index (χ1) is 8.22. The van der Waals surface area contributed by atoms with Crippen molar-refractivity contribution in [2.75, 3.05) is 13.1 Å². The summed E-state index contributed by atoms with van der Waals surface area (Å²) in [6.45, 7) is 0.776. The summed E-state index contributed by atoms with van der Waals surface area (Å²) in [4.78, 5) is 0. The van der Waals surface area contributed by atoms with Crippen LogP contribution in [0.4, 0.5) is 4.39 Å². The first-order valence-electron chi connectivity index (χ1n) is 5.19. The van der Waals surface area contributed by atoms with E-state index in [-0.39, 0.29) is 5.56 Å². The van der Waals surface area contributed by atoms with Crippen molar-refractivity contribution in [1.29, 1.82) is 5.26 Å². The van der Waals surface area contributed by atoms with Crippen molar-refractivity contribution < 1.29 is 4.39 Å². The number of nitrogens with two attached hydrogens (primary N) is 2. The lowest BCUT2D eigenvalue weighted by atomic mass is 10.0. The van der Waals surface area contributed by atoms with Crippen molar-refractivity contribution in [2.45, 2.75) is 0 Å². The standard InChI is InChI=1S/C13H14FN3/c14-13-4-3-11(8-12(13)9-17)10(5-7-16)2-1-6-15/h1-5,8H,6-7,15-16H2/b2-1-,10-5+. The first kappa shape index (κ1) is 13.1. The average molecular weight is 231 g/mol. The molecule has 0 aliphatic rings. The van der Waals surface area contributed by atoms with Crippen molar-refractivity contribution in [3.63, 3.8) is 0 Å². The lowest BCUT2D eigenvalue weighted by molar-refractivity contribution is 0.624. The zero-order chi connectivity index (χ0) is 12.7. The Morgan fingerprint density at radius 3 is 2.71 bits per heavy atom. The zero-order valence-electron chi connectivity index (χ0n) is 9.36. The number of hydrogen-bond donors (Lipinski definition) is 2. The van der Waals surface area contributed by atoms with Gasteiger partial charge in [0.2, 0.25) is 0 Å². The van der Waals surface area contributed by atoms with Gasteiger partial charge in [0.05, 0.1) is 5.56 Å². The van der Waals surface area contributed by atoms with Crippen LogP contribution >= 0.6 is 0 Å². The van der Waals surface area contributed by atoms with E-state index in [9.17, 15) is 4.39 Å². The van der Waals surface area contributed by atoms with Crippen molar-refractivity contribution in [1.82, 2.24) is 0 Å². The van der Waals surface area contributed by atoms with Crippen molar-refractivity contribution >= 4 is 5.57 Å². The fourth-order valence-corrected chi connectivity index (χ4v) is 1.39. The van der Waals surface area contributed by atoms with Crippen molar-refractivity contribution in [3.05, 3.63) is 53.4 Å². The summed E-state index contributed by atoms with van der Waals surface area (Å²) in [6, 6.07) is 6.19. The third-order valence-electron chi connectivity index (χ3n) is 2.19. The van der Waals surface area contributed by atoms with Crippen LogP contribution in [-0.4, -0.2) is 13.1 Å². The van der Waals surface area contributed by atoms with Crippen molar-refractivity contribution in [3.8, 4) is 6.07 Å².